The van der Waals surface area contributed by atoms with Crippen molar-refractivity contribution < 1.29 is 38.7 Å². The molecular formula is C46H66N8O8S. The molecule has 0 bridgehead atoms. The van der Waals surface area contributed by atoms with E-state index in [1.807, 2.05) is 82.3 Å². The van der Waals surface area contributed by atoms with E-state index in [0.29, 0.717) is 19.3 Å². The van der Waals surface area contributed by atoms with Gasteiger partial charge in [-0.3, -0.25) is 28.8 Å². The van der Waals surface area contributed by atoms with Gasteiger partial charge in [0.25, 0.3) is 0 Å². The van der Waals surface area contributed by atoms with E-state index < -0.39 is 83.7 Å². The Bertz CT molecular complexity index is 2040. The first-order chi connectivity index (χ1) is 29.9. The first-order valence-corrected chi connectivity index (χ1v) is 22.6. The molecule has 2 heterocycles. The molecule has 17 heteroatoms. The van der Waals surface area contributed by atoms with Crippen molar-refractivity contribution in [2.45, 2.75) is 129 Å². The summed E-state index contributed by atoms with van der Waals surface area (Å²) in [6, 6.07) is 8.98. The smallest absolute Gasteiger partial charge is 0.326 e. The summed E-state index contributed by atoms with van der Waals surface area (Å²) >= 11 is 4.27. The maximum Gasteiger partial charge on any atom is 0.326 e. The average Bonchev–Trinajstić information content (AvgIpc) is 3.91. The molecule has 1 aliphatic rings. The first-order valence-electron chi connectivity index (χ1n) is 21.9. The number of hydrogen-bond acceptors (Lipinski definition) is 9. The Morgan fingerprint density at radius 3 is 2.00 bits per heavy atom. The van der Waals surface area contributed by atoms with Crippen LogP contribution in [0.25, 0.3) is 10.9 Å². The standard InChI is InChI=1S/C46H66N8O8S/c1-7-28(6)39(46(61)62)53-43(58)37(25-63)52-44(59)38-18-13-19-54(38)45(60)36(23-30-24-48-33-17-12-11-16-31(30)33)51-42(57)35(22-29-14-9-8-10-15-29)50-41(56)34(21-27(4)5)49-40(55)32(47)20-26(2)3/h8-12,14-17,24,26-28,32,34-39,48,63H,7,13,18-23,25,47H2,1-6H3,(H,49,55)(H,50,56)(H,51,57)(H,52,59)(H,53,58)(H,61,62). The normalized spacial score (nSPS) is 17.2. The van der Waals surface area contributed by atoms with Crippen molar-refractivity contribution in [1.29, 1.82) is 0 Å². The van der Waals surface area contributed by atoms with Crippen LogP contribution in [-0.4, -0.2) is 111 Å². The summed E-state index contributed by atoms with van der Waals surface area (Å²) < 4.78 is 0. The molecule has 16 nitrogen and oxygen atoms in total. The highest BCUT2D eigenvalue weighted by Crippen LogP contribution is 2.24. The van der Waals surface area contributed by atoms with Gasteiger partial charge in [0.1, 0.15) is 36.3 Å². The second kappa shape index (κ2) is 23.9. The minimum atomic E-state index is -1.21. The number of nitrogens with one attached hydrogen (secondary N) is 6. The van der Waals surface area contributed by atoms with Gasteiger partial charge >= 0.3 is 5.97 Å². The number of hydrogen-bond donors (Lipinski definition) is 9. The Morgan fingerprint density at radius 2 is 1.37 bits per heavy atom. The molecule has 4 rings (SSSR count). The van der Waals surface area contributed by atoms with Gasteiger partial charge in [-0.05, 0) is 60.6 Å². The number of fused-ring (bicyclic) bond motifs is 1. The average molecular weight is 891 g/mol. The van der Waals surface area contributed by atoms with E-state index in [4.69, 9.17) is 5.73 Å². The first kappa shape index (κ1) is 50.2. The minimum Gasteiger partial charge on any atom is -0.480 e. The summed E-state index contributed by atoms with van der Waals surface area (Å²) in [6.07, 6.45) is 3.77. The van der Waals surface area contributed by atoms with Gasteiger partial charge < -0.3 is 47.3 Å². The highest BCUT2D eigenvalue weighted by Gasteiger charge is 2.40. The number of aromatic amines is 1. The fourth-order valence-electron chi connectivity index (χ4n) is 7.82. The lowest BCUT2D eigenvalue weighted by Crippen LogP contribution is -2.60. The lowest BCUT2D eigenvalue weighted by atomic mass is 9.99. The Kier molecular flexibility index (Phi) is 19.0. The number of likely N-dealkylation sites (tertiary alicyclic amines) is 1. The molecule has 8 atom stereocenters. The van der Waals surface area contributed by atoms with E-state index in [2.05, 4.69) is 44.2 Å². The highest BCUT2D eigenvalue weighted by atomic mass is 32.1. The lowest BCUT2D eigenvalue weighted by molar-refractivity contribution is -0.144. The predicted molar refractivity (Wildman–Crippen MR) is 244 cm³/mol. The molecule has 1 saturated heterocycles. The van der Waals surface area contributed by atoms with Gasteiger partial charge in [-0.2, -0.15) is 12.6 Å². The Balaban J connectivity index is 1.63. The molecule has 9 N–H and O–H groups in total. The fraction of sp³-hybridized carbons (Fsp3) is 0.543. The molecule has 6 amide bonds. The molecular weight excluding hydrogens is 825 g/mol. The zero-order chi connectivity index (χ0) is 46.4. The number of rotatable bonds is 23. The number of amides is 6. The summed E-state index contributed by atoms with van der Waals surface area (Å²) in [5.74, 6) is -5.16. The van der Waals surface area contributed by atoms with E-state index in [1.165, 1.54) is 4.90 Å². The third-order valence-electron chi connectivity index (χ3n) is 11.5. The Hall–Kier alpha value is -5.42. The van der Waals surface area contributed by atoms with Crippen molar-refractivity contribution in [3.63, 3.8) is 0 Å². The molecule has 3 aromatic rings. The molecule has 0 saturated carbocycles. The van der Waals surface area contributed by atoms with Crippen LogP contribution in [0.4, 0.5) is 0 Å². The number of carbonyl (C=O) groups is 7. The van der Waals surface area contributed by atoms with Gasteiger partial charge in [0, 0.05) is 42.2 Å². The number of thiol groups is 1. The van der Waals surface area contributed by atoms with Crippen molar-refractivity contribution in [2.24, 2.45) is 23.5 Å². The largest absolute Gasteiger partial charge is 0.480 e. The zero-order valence-electron chi connectivity index (χ0n) is 37.2. The summed E-state index contributed by atoms with van der Waals surface area (Å²) in [4.78, 5) is 100. The van der Waals surface area contributed by atoms with E-state index >= 15 is 0 Å². The maximum atomic E-state index is 14.8. The molecule has 2 aromatic carbocycles. The van der Waals surface area contributed by atoms with Crippen LogP contribution < -0.4 is 32.3 Å². The summed E-state index contributed by atoms with van der Waals surface area (Å²) in [5, 5.41) is 24.4. The van der Waals surface area contributed by atoms with Gasteiger partial charge in [-0.25, -0.2) is 4.79 Å². The number of H-pyrrole nitrogens is 1. The van der Waals surface area contributed by atoms with Gasteiger partial charge in [0.15, 0.2) is 0 Å². The number of nitrogens with zero attached hydrogens (tertiary/aromatic N) is 1. The number of carboxylic acids is 1. The van der Waals surface area contributed by atoms with Crippen molar-refractivity contribution >= 4 is 64.9 Å². The van der Waals surface area contributed by atoms with Gasteiger partial charge in [0.2, 0.25) is 35.4 Å². The number of aliphatic carboxylic acids is 1. The van der Waals surface area contributed by atoms with E-state index in [-0.39, 0.29) is 55.7 Å². The third kappa shape index (κ3) is 14.3. The van der Waals surface area contributed by atoms with Gasteiger partial charge in [-0.1, -0.05) is 96.5 Å². The number of aromatic nitrogens is 1. The topological polar surface area (TPSA) is 245 Å². The summed E-state index contributed by atoms with van der Waals surface area (Å²) in [7, 11) is 0. The number of benzene rings is 2. The van der Waals surface area contributed by atoms with Crippen LogP contribution in [0.1, 0.15) is 84.8 Å². The number of para-hydroxylation sites is 1. The molecule has 63 heavy (non-hydrogen) atoms. The van der Waals surface area contributed by atoms with Crippen LogP contribution in [0.3, 0.4) is 0 Å². The van der Waals surface area contributed by atoms with Crippen LogP contribution in [0.2, 0.25) is 0 Å². The lowest BCUT2D eigenvalue weighted by Gasteiger charge is -2.31. The second-order valence-electron chi connectivity index (χ2n) is 17.4. The highest BCUT2D eigenvalue weighted by molar-refractivity contribution is 7.80. The molecule has 0 spiro atoms. The Labute approximate surface area is 375 Å². The minimum absolute atomic E-state index is 0.00334. The van der Waals surface area contributed by atoms with Crippen LogP contribution in [0, 0.1) is 17.8 Å². The third-order valence-corrected chi connectivity index (χ3v) is 11.8. The van der Waals surface area contributed by atoms with Crippen LogP contribution in [-0.2, 0) is 46.4 Å². The van der Waals surface area contributed by atoms with Gasteiger partial charge in [-0.15, -0.1) is 0 Å². The number of carbonyl (C=O) groups excluding carboxylic acids is 6. The SMILES string of the molecule is CCC(C)C(NC(=O)C(CS)NC(=O)C1CCCN1C(=O)C(Cc1c[nH]c2ccccc12)NC(=O)C(Cc1ccccc1)NC(=O)C(CC(C)C)NC(=O)C(N)CC(C)C)C(=O)O. The van der Waals surface area contributed by atoms with E-state index in [1.54, 1.807) is 20.0 Å². The molecule has 0 radical (unpaired) electrons. The zero-order valence-corrected chi connectivity index (χ0v) is 38.1. The molecule has 0 aliphatic carbocycles. The van der Waals surface area contributed by atoms with Crippen molar-refractivity contribution in [3.8, 4) is 0 Å². The summed E-state index contributed by atoms with van der Waals surface area (Å²) in [6.45, 7) is 11.4. The molecule has 1 aromatic heterocycles. The van der Waals surface area contributed by atoms with Gasteiger partial charge in [0.05, 0.1) is 6.04 Å². The van der Waals surface area contributed by atoms with Crippen LogP contribution in [0.5, 0.6) is 0 Å². The van der Waals surface area contributed by atoms with Crippen molar-refractivity contribution in [3.05, 3.63) is 71.9 Å². The fourth-order valence-corrected chi connectivity index (χ4v) is 8.08. The molecule has 344 valence electrons. The number of carboxylic acid groups (broad SMARTS) is 1. The van der Waals surface area contributed by atoms with Crippen molar-refractivity contribution in [1.82, 2.24) is 36.5 Å². The van der Waals surface area contributed by atoms with Crippen molar-refractivity contribution in [2.75, 3.05) is 12.3 Å². The molecule has 1 aliphatic heterocycles. The predicted octanol–water partition coefficient (Wildman–Crippen LogP) is 2.85. The number of nitrogens with two attached hydrogens (primary N) is 1. The summed E-state index contributed by atoms with van der Waals surface area (Å²) in [5.41, 5.74) is 8.46. The van der Waals surface area contributed by atoms with E-state index in [9.17, 15) is 38.7 Å². The Morgan fingerprint density at radius 1 is 0.762 bits per heavy atom. The van der Waals surface area contributed by atoms with Crippen LogP contribution in [0.15, 0.2) is 60.8 Å². The molecule has 1 fully saturated rings. The monoisotopic (exact) mass is 890 g/mol. The second-order valence-corrected chi connectivity index (χ2v) is 17.8. The van der Waals surface area contributed by atoms with Crippen LogP contribution >= 0.6 is 12.6 Å². The van der Waals surface area contributed by atoms with E-state index in [0.717, 1.165) is 22.0 Å². The quantitative estimate of drug-likeness (QED) is 0.0635. The molecule has 8 unspecified atom stereocenters. The maximum absolute atomic E-state index is 14.8.